The number of nitrogens with one attached hydrogen (secondary N) is 1. The number of halogens is 3. The fourth-order valence-corrected chi connectivity index (χ4v) is 3.08. The highest BCUT2D eigenvalue weighted by Gasteiger charge is 2.18. The zero-order valence-electron chi connectivity index (χ0n) is 12.3. The SMILES string of the molecule is CCNC(Cc1c(C)nn(C)c1Cl)c1ccc(Br)c(Cl)c1. The van der Waals surface area contributed by atoms with Crippen molar-refractivity contribution in [2.45, 2.75) is 26.3 Å². The summed E-state index contributed by atoms with van der Waals surface area (Å²) >= 11 is 16.0. The van der Waals surface area contributed by atoms with Crippen LogP contribution < -0.4 is 5.32 Å². The zero-order valence-corrected chi connectivity index (χ0v) is 15.3. The van der Waals surface area contributed by atoms with Crippen LogP contribution in [0, 0.1) is 6.92 Å². The maximum Gasteiger partial charge on any atom is 0.130 e. The van der Waals surface area contributed by atoms with Gasteiger partial charge >= 0.3 is 0 Å². The molecule has 2 aromatic rings. The van der Waals surface area contributed by atoms with E-state index in [1.165, 1.54) is 0 Å². The monoisotopic (exact) mass is 389 g/mol. The minimum absolute atomic E-state index is 0.154. The van der Waals surface area contributed by atoms with Crippen molar-refractivity contribution < 1.29 is 0 Å². The molecule has 0 fully saturated rings. The van der Waals surface area contributed by atoms with Crippen molar-refractivity contribution in [3.05, 3.63) is 49.7 Å². The van der Waals surface area contributed by atoms with E-state index in [-0.39, 0.29) is 6.04 Å². The maximum atomic E-state index is 6.34. The first-order valence-corrected chi connectivity index (χ1v) is 8.35. The summed E-state index contributed by atoms with van der Waals surface area (Å²) in [5, 5.41) is 9.27. The fraction of sp³-hybridized carbons (Fsp3) is 0.400. The van der Waals surface area contributed by atoms with Crippen LogP contribution in [0.1, 0.15) is 29.8 Å². The van der Waals surface area contributed by atoms with Crippen LogP contribution in [0.25, 0.3) is 0 Å². The number of hydrogen-bond acceptors (Lipinski definition) is 2. The first kappa shape index (κ1) is 16.8. The topological polar surface area (TPSA) is 29.9 Å². The molecule has 114 valence electrons. The van der Waals surface area contributed by atoms with Crippen molar-refractivity contribution in [3.8, 4) is 0 Å². The quantitative estimate of drug-likeness (QED) is 0.802. The van der Waals surface area contributed by atoms with Crippen LogP contribution in [0.15, 0.2) is 22.7 Å². The second-order valence-electron chi connectivity index (χ2n) is 4.97. The second-order valence-corrected chi connectivity index (χ2v) is 6.59. The average Bonchev–Trinajstić information content (AvgIpc) is 2.68. The van der Waals surface area contributed by atoms with E-state index in [4.69, 9.17) is 23.2 Å². The van der Waals surface area contributed by atoms with Gasteiger partial charge < -0.3 is 5.32 Å². The van der Waals surface area contributed by atoms with E-state index in [1.807, 2.05) is 26.1 Å². The van der Waals surface area contributed by atoms with Gasteiger partial charge in [-0.1, -0.05) is 36.2 Å². The lowest BCUT2D eigenvalue weighted by Gasteiger charge is -2.19. The standard InChI is InChI=1S/C15H18BrCl2N3/c1-4-19-14(10-5-6-12(16)13(17)7-10)8-11-9(2)20-21(3)15(11)18/h5-7,14,19H,4,8H2,1-3H3. The molecular formula is C15H18BrCl2N3. The summed E-state index contributed by atoms with van der Waals surface area (Å²) in [7, 11) is 1.86. The van der Waals surface area contributed by atoms with E-state index in [1.54, 1.807) is 4.68 Å². The number of likely N-dealkylation sites (N-methyl/N-ethyl adjacent to an activating group) is 1. The normalized spacial score (nSPS) is 12.7. The minimum Gasteiger partial charge on any atom is -0.310 e. The molecule has 1 unspecified atom stereocenters. The molecule has 1 aromatic carbocycles. The van der Waals surface area contributed by atoms with Gasteiger partial charge in [0.1, 0.15) is 5.15 Å². The van der Waals surface area contributed by atoms with Gasteiger partial charge in [0.15, 0.2) is 0 Å². The Labute approximate surface area is 143 Å². The first-order valence-electron chi connectivity index (χ1n) is 6.80. The lowest BCUT2D eigenvalue weighted by atomic mass is 9.99. The number of rotatable bonds is 5. The summed E-state index contributed by atoms with van der Waals surface area (Å²) in [6.07, 6.45) is 0.782. The van der Waals surface area contributed by atoms with E-state index in [0.29, 0.717) is 10.2 Å². The van der Waals surface area contributed by atoms with Crippen molar-refractivity contribution in [2.24, 2.45) is 7.05 Å². The lowest BCUT2D eigenvalue weighted by molar-refractivity contribution is 0.548. The van der Waals surface area contributed by atoms with Crippen LogP contribution in [0.5, 0.6) is 0 Å². The Morgan fingerprint density at radius 1 is 1.38 bits per heavy atom. The molecule has 0 saturated carbocycles. The highest BCUT2D eigenvalue weighted by atomic mass is 79.9. The molecule has 0 aliphatic carbocycles. The Balaban J connectivity index is 2.32. The molecule has 3 nitrogen and oxygen atoms in total. The van der Waals surface area contributed by atoms with Crippen LogP contribution in [0.2, 0.25) is 10.2 Å². The first-order chi connectivity index (χ1) is 9.93. The Morgan fingerprint density at radius 2 is 2.10 bits per heavy atom. The van der Waals surface area contributed by atoms with E-state index in [2.05, 4.69) is 39.3 Å². The number of benzene rings is 1. The van der Waals surface area contributed by atoms with Gasteiger partial charge in [-0.25, -0.2) is 0 Å². The van der Waals surface area contributed by atoms with E-state index in [9.17, 15) is 0 Å². The summed E-state index contributed by atoms with van der Waals surface area (Å²) in [5.74, 6) is 0. The molecule has 1 N–H and O–H groups in total. The Morgan fingerprint density at radius 3 is 2.62 bits per heavy atom. The van der Waals surface area contributed by atoms with Crippen molar-refractivity contribution >= 4 is 39.1 Å². The molecule has 1 atom stereocenters. The van der Waals surface area contributed by atoms with Crippen LogP contribution in [-0.2, 0) is 13.5 Å². The molecule has 21 heavy (non-hydrogen) atoms. The summed E-state index contributed by atoms with van der Waals surface area (Å²) in [6.45, 7) is 4.94. The molecule has 0 aliphatic heterocycles. The number of hydrogen-bond donors (Lipinski definition) is 1. The molecule has 0 amide bonds. The smallest absolute Gasteiger partial charge is 0.130 e. The van der Waals surface area contributed by atoms with Crippen LogP contribution in [0.4, 0.5) is 0 Å². The third-order valence-corrected chi connectivity index (χ3v) is 5.18. The predicted molar refractivity (Wildman–Crippen MR) is 92.2 cm³/mol. The van der Waals surface area contributed by atoms with Crippen LogP contribution in [0.3, 0.4) is 0 Å². The average molecular weight is 391 g/mol. The van der Waals surface area contributed by atoms with E-state index in [0.717, 1.165) is 34.3 Å². The highest BCUT2D eigenvalue weighted by molar-refractivity contribution is 9.10. The summed E-state index contributed by atoms with van der Waals surface area (Å²) < 4.78 is 2.61. The van der Waals surface area contributed by atoms with Gasteiger partial charge in [0, 0.05) is 23.1 Å². The molecule has 1 aromatic heterocycles. The second kappa shape index (κ2) is 7.14. The highest BCUT2D eigenvalue weighted by Crippen LogP contribution is 2.30. The Kier molecular flexibility index (Phi) is 5.72. The van der Waals surface area contributed by atoms with Crippen molar-refractivity contribution in [1.82, 2.24) is 15.1 Å². The third kappa shape index (κ3) is 3.81. The van der Waals surface area contributed by atoms with Crippen molar-refractivity contribution in [1.29, 1.82) is 0 Å². The van der Waals surface area contributed by atoms with Crippen LogP contribution in [-0.4, -0.2) is 16.3 Å². The van der Waals surface area contributed by atoms with Gasteiger partial charge in [0.2, 0.25) is 0 Å². The van der Waals surface area contributed by atoms with Gasteiger partial charge in [0.25, 0.3) is 0 Å². The summed E-state index contributed by atoms with van der Waals surface area (Å²) in [4.78, 5) is 0. The van der Waals surface area contributed by atoms with Gasteiger partial charge in [-0.15, -0.1) is 0 Å². The van der Waals surface area contributed by atoms with Crippen LogP contribution >= 0.6 is 39.1 Å². The van der Waals surface area contributed by atoms with E-state index < -0.39 is 0 Å². The van der Waals surface area contributed by atoms with Crippen molar-refractivity contribution in [2.75, 3.05) is 6.54 Å². The molecule has 1 heterocycles. The lowest BCUT2D eigenvalue weighted by Crippen LogP contribution is -2.23. The van der Waals surface area contributed by atoms with Crippen molar-refractivity contribution in [3.63, 3.8) is 0 Å². The molecule has 0 saturated heterocycles. The summed E-state index contributed by atoms with van der Waals surface area (Å²) in [6, 6.07) is 6.18. The zero-order chi connectivity index (χ0) is 15.6. The Bertz CT molecular complexity index is 640. The predicted octanol–water partition coefficient (Wildman–Crippen LogP) is 4.69. The maximum absolute atomic E-state index is 6.34. The summed E-state index contributed by atoms with van der Waals surface area (Å²) in [5.41, 5.74) is 3.18. The molecule has 2 rings (SSSR count). The minimum atomic E-state index is 0.154. The molecule has 0 spiro atoms. The van der Waals surface area contributed by atoms with Gasteiger partial charge in [-0.3, -0.25) is 4.68 Å². The fourth-order valence-electron chi connectivity index (χ4n) is 2.39. The number of nitrogens with zero attached hydrogens (tertiary/aromatic N) is 2. The van der Waals surface area contributed by atoms with Gasteiger partial charge in [0.05, 0.1) is 10.7 Å². The molecule has 0 aliphatic rings. The van der Waals surface area contributed by atoms with Gasteiger partial charge in [-0.2, -0.15) is 5.10 Å². The number of aryl methyl sites for hydroxylation is 2. The van der Waals surface area contributed by atoms with Gasteiger partial charge in [-0.05, 0) is 53.5 Å². The molecular weight excluding hydrogens is 373 g/mol. The molecule has 0 radical (unpaired) electrons. The third-order valence-electron chi connectivity index (χ3n) is 3.47. The number of aromatic nitrogens is 2. The largest absolute Gasteiger partial charge is 0.310 e. The molecule has 6 heteroatoms. The Hall–Kier alpha value is -0.550. The molecule has 0 bridgehead atoms. The van der Waals surface area contributed by atoms with E-state index >= 15 is 0 Å².